The number of aryl methyl sites for hydroxylation is 1. The summed E-state index contributed by atoms with van der Waals surface area (Å²) < 4.78 is 11.8. The smallest absolute Gasteiger partial charge is 0.372 e. The Kier molecular flexibility index (Phi) is 6.06. The zero-order valence-electron chi connectivity index (χ0n) is 12.3. The highest BCUT2D eigenvalue weighted by Gasteiger charge is 2.39. The molecule has 0 aliphatic heterocycles. The highest BCUT2D eigenvalue weighted by atomic mass is 28.4. The van der Waals surface area contributed by atoms with Gasteiger partial charge >= 0.3 is 8.56 Å². The van der Waals surface area contributed by atoms with Gasteiger partial charge in [-0.3, -0.25) is 0 Å². The summed E-state index contributed by atoms with van der Waals surface area (Å²) in [6.45, 7) is 6.68. The van der Waals surface area contributed by atoms with Crippen molar-refractivity contribution in [3.05, 3.63) is 29.8 Å². The maximum Gasteiger partial charge on any atom is 0.372 e. The second kappa shape index (κ2) is 7.07. The fraction of sp³-hybridized carbons (Fsp3) is 0.600. The van der Waals surface area contributed by atoms with Crippen LogP contribution in [-0.4, -0.2) is 22.8 Å². The van der Waals surface area contributed by atoms with Crippen molar-refractivity contribution in [2.24, 2.45) is 5.92 Å². The second-order valence-electron chi connectivity index (χ2n) is 5.10. The molecule has 0 heterocycles. The van der Waals surface area contributed by atoms with Crippen LogP contribution in [0.5, 0.6) is 0 Å². The van der Waals surface area contributed by atoms with Crippen molar-refractivity contribution in [2.75, 3.05) is 14.2 Å². The summed E-state index contributed by atoms with van der Waals surface area (Å²) in [6, 6.07) is 9.57. The van der Waals surface area contributed by atoms with Gasteiger partial charge in [0.2, 0.25) is 0 Å². The number of hydrogen-bond acceptors (Lipinski definition) is 2. The third kappa shape index (κ3) is 3.43. The van der Waals surface area contributed by atoms with Crippen molar-refractivity contribution in [2.45, 2.75) is 39.7 Å². The van der Waals surface area contributed by atoms with E-state index >= 15 is 0 Å². The fourth-order valence-electron chi connectivity index (χ4n) is 2.32. The van der Waals surface area contributed by atoms with E-state index < -0.39 is 8.56 Å². The molecule has 0 bridgehead atoms. The Hall–Kier alpha value is -0.643. The molecule has 0 fully saturated rings. The van der Waals surface area contributed by atoms with Crippen molar-refractivity contribution < 1.29 is 8.85 Å². The first kappa shape index (κ1) is 15.4. The zero-order chi connectivity index (χ0) is 13.6. The first-order valence-electron chi connectivity index (χ1n) is 6.78. The molecule has 0 saturated heterocycles. The SMILES string of the molecule is CCc1ccccc1[Si](CCC(C)C)(OC)OC. The molecule has 1 rings (SSSR count). The second-order valence-corrected chi connectivity index (χ2v) is 8.47. The van der Waals surface area contributed by atoms with E-state index in [9.17, 15) is 0 Å². The maximum atomic E-state index is 5.88. The minimum atomic E-state index is -2.25. The van der Waals surface area contributed by atoms with Crippen LogP contribution in [0.15, 0.2) is 24.3 Å². The van der Waals surface area contributed by atoms with E-state index in [4.69, 9.17) is 8.85 Å². The molecule has 1 aromatic carbocycles. The van der Waals surface area contributed by atoms with Crippen molar-refractivity contribution in [3.63, 3.8) is 0 Å². The largest absolute Gasteiger partial charge is 0.394 e. The molecule has 0 amide bonds. The molecule has 0 aliphatic rings. The highest BCUT2D eigenvalue weighted by molar-refractivity contribution is 6.81. The van der Waals surface area contributed by atoms with E-state index in [0.29, 0.717) is 5.92 Å². The van der Waals surface area contributed by atoms with Crippen LogP contribution in [0.25, 0.3) is 0 Å². The number of benzene rings is 1. The van der Waals surface area contributed by atoms with Crippen LogP contribution in [0, 0.1) is 5.92 Å². The van der Waals surface area contributed by atoms with Crippen molar-refractivity contribution in [1.29, 1.82) is 0 Å². The van der Waals surface area contributed by atoms with Crippen molar-refractivity contribution >= 4 is 13.7 Å². The lowest BCUT2D eigenvalue weighted by atomic mass is 10.2. The Labute approximate surface area is 113 Å². The normalized spacial score (nSPS) is 12.1. The third-order valence-corrected chi connectivity index (χ3v) is 7.09. The monoisotopic (exact) mass is 266 g/mol. The maximum absolute atomic E-state index is 5.88. The minimum absolute atomic E-state index is 0.677. The van der Waals surface area contributed by atoms with Gasteiger partial charge < -0.3 is 8.85 Å². The van der Waals surface area contributed by atoms with Gasteiger partial charge in [-0.25, -0.2) is 0 Å². The van der Waals surface area contributed by atoms with E-state index in [1.807, 2.05) is 0 Å². The Bertz CT molecular complexity index is 359. The topological polar surface area (TPSA) is 18.5 Å². The summed E-state index contributed by atoms with van der Waals surface area (Å²) in [6.07, 6.45) is 2.17. The van der Waals surface area contributed by atoms with Crippen LogP contribution in [0.4, 0.5) is 0 Å². The summed E-state index contributed by atoms with van der Waals surface area (Å²) in [7, 11) is 1.34. The van der Waals surface area contributed by atoms with Crippen LogP contribution in [0.2, 0.25) is 6.04 Å². The molecule has 102 valence electrons. The average Bonchev–Trinajstić information content (AvgIpc) is 2.40. The molecule has 2 nitrogen and oxygen atoms in total. The third-order valence-electron chi connectivity index (χ3n) is 3.52. The van der Waals surface area contributed by atoms with Gasteiger partial charge in [0.15, 0.2) is 0 Å². The molecule has 0 N–H and O–H groups in total. The molecule has 0 aromatic heterocycles. The molecular formula is C15H26O2Si. The van der Waals surface area contributed by atoms with E-state index in [1.165, 1.54) is 10.8 Å². The van der Waals surface area contributed by atoms with Gasteiger partial charge in [0.1, 0.15) is 0 Å². The van der Waals surface area contributed by atoms with Gasteiger partial charge in [-0.05, 0) is 35.6 Å². The Morgan fingerprint density at radius 3 is 2.22 bits per heavy atom. The molecule has 0 aliphatic carbocycles. The predicted molar refractivity (Wildman–Crippen MR) is 79.5 cm³/mol. The van der Waals surface area contributed by atoms with E-state index in [-0.39, 0.29) is 0 Å². The van der Waals surface area contributed by atoms with E-state index in [0.717, 1.165) is 18.9 Å². The van der Waals surface area contributed by atoms with Gasteiger partial charge in [-0.1, -0.05) is 45.0 Å². The van der Waals surface area contributed by atoms with Gasteiger partial charge in [-0.15, -0.1) is 0 Å². The molecule has 0 atom stereocenters. The molecule has 3 heteroatoms. The van der Waals surface area contributed by atoms with Crippen LogP contribution < -0.4 is 5.19 Å². The lowest BCUT2D eigenvalue weighted by molar-refractivity contribution is 0.254. The molecule has 0 radical (unpaired) electrons. The standard InChI is InChI=1S/C15H26O2Si/c1-6-14-9-7-8-10-15(14)18(16-4,17-5)12-11-13(2)3/h7-10,13H,6,11-12H2,1-5H3. The zero-order valence-corrected chi connectivity index (χ0v) is 13.3. The fourth-order valence-corrected chi connectivity index (χ4v) is 5.66. The highest BCUT2D eigenvalue weighted by Crippen LogP contribution is 2.20. The van der Waals surface area contributed by atoms with Gasteiger partial charge in [0.05, 0.1) is 0 Å². The molecule has 18 heavy (non-hydrogen) atoms. The van der Waals surface area contributed by atoms with E-state index in [1.54, 1.807) is 14.2 Å². The Balaban J connectivity index is 3.09. The summed E-state index contributed by atoms with van der Waals surface area (Å²) in [5.41, 5.74) is 1.36. The average molecular weight is 266 g/mol. The van der Waals surface area contributed by atoms with Crippen LogP contribution in [-0.2, 0) is 15.3 Å². The predicted octanol–water partition coefficient (Wildman–Crippen LogP) is 3.24. The molecule has 0 unspecified atom stereocenters. The quantitative estimate of drug-likeness (QED) is 0.705. The minimum Gasteiger partial charge on any atom is -0.394 e. The first-order valence-corrected chi connectivity index (χ1v) is 8.80. The lowest BCUT2D eigenvalue weighted by Crippen LogP contribution is -2.53. The lowest BCUT2D eigenvalue weighted by Gasteiger charge is -2.30. The summed E-state index contributed by atoms with van der Waals surface area (Å²) >= 11 is 0. The van der Waals surface area contributed by atoms with E-state index in [2.05, 4.69) is 45.0 Å². The Morgan fingerprint density at radius 1 is 1.11 bits per heavy atom. The van der Waals surface area contributed by atoms with Gasteiger partial charge in [0.25, 0.3) is 0 Å². The number of hydrogen-bond donors (Lipinski definition) is 0. The summed E-state index contributed by atoms with van der Waals surface area (Å²) in [4.78, 5) is 0. The summed E-state index contributed by atoms with van der Waals surface area (Å²) in [5, 5.41) is 1.30. The van der Waals surface area contributed by atoms with Crippen molar-refractivity contribution in [1.82, 2.24) is 0 Å². The van der Waals surface area contributed by atoms with Gasteiger partial charge in [0, 0.05) is 14.2 Å². The molecule has 0 saturated carbocycles. The van der Waals surface area contributed by atoms with Crippen molar-refractivity contribution in [3.8, 4) is 0 Å². The van der Waals surface area contributed by atoms with Crippen LogP contribution in [0.1, 0.15) is 32.8 Å². The molecular weight excluding hydrogens is 240 g/mol. The number of rotatable bonds is 7. The van der Waals surface area contributed by atoms with Crippen LogP contribution in [0.3, 0.4) is 0 Å². The molecule has 0 spiro atoms. The first-order chi connectivity index (χ1) is 8.59. The van der Waals surface area contributed by atoms with Crippen LogP contribution >= 0.6 is 0 Å². The summed E-state index contributed by atoms with van der Waals surface area (Å²) in [5.74, 6) is 0.677. The van der Waals surface area contributed by atoms with Gasteiger partial charge in [-0.2, -0.15) is 0 Å². The molecule has 1 aromatic rings. The Morgan fingerprint density at radius 2 is 1.72 bits per heavy atom.